The van der Waals surface area contributed by atoms with Gasteiger partial charge in [0.15, 0.2) is 15.6 Å². The molecule has 0 N–H and O–H groups in total. The number of hydrogen-bond donors (Lipinski definition) is 0. The standard InChI is InChI=1S/C16H16ClNO4S/c17-13-4-1-3-12(9-13)10-18(14-6-8-23(20,21)11-14)16(19)15-5-2-7-22-15/h1-5,7,9,14H,6,8,10-11H2/t14-/m1/s1. The number of furan rings is 1. The molecule has 1 fully saturated rings. The summed E-state index contributed by atoms with van der Waals surface area (Å²) in [6, 6.07) is 10.1. The van der Waals surface area contributed by atoms with Crippen molar-refractivity contribution in [2.24, 2.45) is 0 Å². The molecule has 3 rings (SSSR count). The van der Waals surface area contributed by atoms with Gasteiger partial charge in [-0.15, -0.1) is 0 Å². The molecule has 1 atom stereocenters. The van der Waals surface area contributed by atoms with Gasteiger partial charge in [-0.05, 0) is 36.2 Å². The van der Waals surface area contributed by atoms with Gasteiger partial charge < -0.3 is 9.32 Å². The summed E-state index contributed by atoms with van der Waals surface area (Å²) < 4.78 is 28.7. The van der Waals surface area contributed by atoms with Gasteiger partial charge in [0, 0.05) is 17.6 Å². The molecule has 2 heterocycles. The van der Waals surface area contributed by atoms with Crippen LogP contribution in [-0.2, 0) is 16.4 Å². The van der Waals surface area contributed by atoms with Crippen LogP contribution in [-0.4, -0.2) is 36.8 Å². The maximum atomic E-state index is 12.7. The number of nitrogens with zero attached hydrogens (tertiary/aromatic N) is 1. The van der Waals surface area contributed by atoms with E-state index in [2.05, 4.69) is 0 Å². The minimum atomic E-state index is -3.09. The summed E-state index contributed by atoms with van der Waals surface area (Å²) in [5, 5.41) is 0.576. The molecule has 1 saturated heterocycles. The molecule has 0 radical (unpaired) electrons. The number of hydrogen-bond acceptors (Lipinski definition) is 4. The van der Waals surface area contributed by atoms with Gasteiger partial charge in [-0.25, -0.2) is 8.42 Å². The van der Waals surface area contributed by atoms with Crippen LogP contribution in [0.25, 0.3) is 0 Å². The van der Waals surface area contributed by atoms with Gasteiger partial charge in [-0.1, -0.05) is 23.7 Å². The van der Waals surface area contributed by atoms with Gasteiger partial charge >= 0.3 is 0 Å². The SMILES string of the molecule is O=C(c1ccco1)N(Cc1cccc(Cl)c1)[C@@H]1CCS(=O)(=O)C1. The first kappa shape index (κ1) is 16.1. The lowest BCUT2D eigenvalue weighted by molar-refractivity contribution is 0.0648. The maximum Gasteiger partial charge on any atom is 0.290 e. The second-order valence-corrected chi connectivity index (χ2v) is 8.26. The Balaban J connectivity index is 1.88. The van der Waals surface area contributed by atoms with Gasteiger partial charge in [0.2, 0.25) is 0 Å². The van der Waals surface area contributed by atoms with Gasteiger partial charge in [0.1, 0.15) is 0 Å². The Morgan fingerprint density at radius 2 is 2.13 bits per heavy atom. The van der Waals surface area contributed by atoms with Crippen LogP contribution in [0.1, 0.15) is 22.5 Å². The summed E-state index contributed by atoms with van der Waals surface area (Å²) >= 11 is 5.99. The lowest BCUT2D eigenvalue weighted by Gasteiger charge is -2.27. The zero-order chi connectivity index (χ0) is 16.4. The predicted octanol–water partition coefficient (Wildman–Crippen LogP) is 2.76. The van der Waals surface area contributed by atoms with E-state index in [9.17, 15) is 13.2 Å². The molecule has 2 aromatic rings. The van der Waals surface area contributed by atoms with Crippen LogP contribution in [0.3, 0.4) is 0 Å². The predicted molar refractivity (Wildman–Crippen MR) is 87.1 cm³/mol. The molecule has 23 heavy (non-hydrogen) atoms. The largest absolute Gasteiger partial charge is 0.459 e. The van der Waals surface area contributed by atoms with Crippen LogP contribution in [0.2, 0.25) is 5.02 Å². The molecular formula is C16H16ClNO4S. The third-order valence-electron chi connectivity index (χ3n) is 3.88. The Hall–Kier alpha value is -1.79. The van der Waals surface area contributed by atoms with Crippen molar-refractivity contribution < 1.29 is 17.6 Å². The molecule has 7 heteroatoms. The van der Waals surface area contributed by atoms with Crippen LogP contribution in [0.4, 0.5) is 0 Å². The van der Waals surface area contributed by atoms with Crippen molar-refractivity contribution in [3.63, 3.8) is 0 Å². The topological polar surface area (TPSA) is 67.6 Å². The Bertz CT molecular complexity index is 801. The Morgan fingerprint density at radius 3 is 2.74 bits per heavy atom. The number of rotatable bonds is 4. The highest BCUT2D eigenvalue weighted by molar-refractivity contribution is 7.91. The van der Waals surface area contributed by atoms with Gasteiger partial charge in [0.05, 0.1) is 17.8 Å². The average molecular weight is 354 g/mol. The summed E-state index contributed by atoms with van der Waals surface area (Å²) in [4.78, 5) is 14.3. The molecule has 5 nitrogen and oxygen atoms in total. The van der Waals surface area contributed by atoms with Crippen molar-refractivity contribution >= 4 is 27.3 Å². The first-order chi connectivity index (χ1) is 10.9. The fourth-order valence-corrected chi connectivity index (χ4v) is 4.71. The van der Waals surface area contributed by atoms with Crippen LogP contribution in [0.15, 0.2) is 47.1 Å². The third-order valence-corrected chi connectivity index (χ3v) is 5.87. The van der Waals surface area contributed by atoms with Gasteiger partial charge in [0.25, 0.3) is 5.91 Å². The van der Waals surface area contributed by atoms with Crippen molar-refractivity contribution in [1.82, 2.24) is 4.90 Å². The van der Waals surface area contributed by atoms with Crippen molar-refractivity contribution in [3.8, 4) is 0 Å². The third kappa shape index (κ3) is 3.76. The van der Waals surface area contributed by atoms with Gasteiger partial charge in [-0.3, -0.25) is 4.79 Å². The number of carbonyl (C=O) groups is 1. The van der Waals surface area contributed by atoms with E-state index in [0.29, 0.717) is 18.0 Å². The van der Waals surface area contributed by atoms with Crippen molar-refractivity contribution in [2.45, 2.75) is 19.0 Å². The Labute approximate surface area is 139 Å². The van der Waals surface area contributed by atoms with Crippen LogP contribution < -0.4 is 0 Å². The van der Waals surface area contributed by atoms with E-state index in [1.54, 1.807) is 35.2 Å². The van der Waals surface area contributed by atoms with Crippen molar-refractivity contribution in [2.75, 3.05) is 11.5 Å². The van der Waals surface area contributed by atoms with E-state index in [-0.39, 0.29) is 29.2 Å². The van der Waals surface area contributed by atoms with Gasteiger partial charge in [-0.2, -0.15) is 0 Å². The number of halogens is 1. The molecule has 0 bridgehead atoms. The lowest BCUT2D eigenvalue weighted by Crippen LogP contribution is -2.40. The fourth-order valence-electron chi connectivity index (χ4n) is 2.76. The second kappa shape index (κ2) is 6.37. The molecule has 1 aromatic heterocycles. The zero-order valence-electron chi connectivity index (χ0n) is 12.3. The highest BCUT2D eigenvalue weighted by atomic mass is 35.5. The molecule has 0 saturated carbocycles. The minimum Gasteiger partial charge on any atom is -0.459 e. The van der Waals surface area contributed by atoms with Crippen molar-refractivity contribution in [1.29, 1.82) is 0 Å². The normalized spacial score (nSPS) is 19.6. The van der Waals surface area contributed by atoms with Crippen LogP contribution >= 0.6 is 11.6 Å². The molecule has 122 valence electrons. The number of sulfone groups is 1. The number of benzene rings is 1. The van der Waals surface area contributed by atoms with E-state index < -0.39 is 9.84 Å². The highest BCUT2D eigenvalue weighted by Gasteiger charge is 2.35. The molecule has 1 aliphatic heterocycles. The molecule has 1 amide bonds. The monoisotopic (exact) mass is 353 g/mol. The highest BCUT2D eigenvalue weighted by Crippen LogP contribution is 2.23. The summed E-state index contributed by atoms with van der Waals surface area (Å²) in [5.41, 5.74) is 0.849. The lowest BCUT2D eigenvalue weighted by atomic mass is 10.1. The molecule has 1 aliphatic rings. The van der Waals surface area contributed by atoms with E-state index in [1.165, 1.54) is 6.26 Å². The van der Waals surface area contributed by atoms with Crippen molar-refractivity contribution in [3.05, 3.63) is 59.0 Å². The fraction of sp³-hybridized carbons (Fsp3) is 0.312. The molecule has 0 spiro atoms. The van der Waals surface area contributed by atoms with Crippen LogP contribution in [0, 0.1) is 0 Å². The first-order valence-electron chi connectivity index (χ1n) is 7.24. The van der Waals surface area contributed by atoms with E-state index in [0.717, 1.165) is 5.56 Å². The molecule has 0 unspecified atom stereocenters. The number of amides is 1. The average Bonchev–Trinajstić information content (AvgIpc) is 3.13. The Morgan fingerprint density at radius 1 is 1.30 bits per heavy atom. The minimum absolute atomic E-state index is 0.0139. The Kier molecular flexibility index (Phi) is 4.46. The molecule has 0 aliphatic carbocycles. The zero-order valence-corrected chi connectivity index (χ0v) is 13.9. The van der Waals surface area contributed by atoms with Crippen LogP contribution in [0.5, 0.6) is 0 Å². The summed E-state index contributed by atoms with van der Waals surface area (Å²) in [6.07, 6.45) is 1.87. The first-order valence-corrected chi connectivity index (χ1v) is 9.44. The number of carbonyl (C=O) groups excluding carboxylic acids is 1. The molecular weight excluding hydrogens is 338 g/mol. The smallest absolute Gasteiger partial charge is 0.290 e. The maximum absolute atomic E-state index is 12.7. The van der Waals surface area contributed by atoms with E-state index in [1.807, 2.05) is 6.07 Å². The molecule has 1 aromatic carbocycles. The summed E-state index contributed by atoms with van der Waals surface area (Å²) in [7, 11) is -3.09. The summed E-state index contributed by atoms with van der Waals surface area (Å²) in [6.45, 7) is 0.292. The van der Waals surface area contributed by atoms with E-state index >= 15 is 0 Å². The quantitative estimate of drug-likeness (QED) is 0.847. The second-order valence-electron chi connectivity index (χ2n) is 5.60. The summed E-state index contributed by atoms with van der Waals surface area (Å²) in [5.74, 6) is -0.0109. The van der Waals surface area contributed by atoms with E-state index in [4.69, 9.17) is 16.0 Å².